The van der Waals surface area contributed by atoms with E-state index >= 15 is 0 Å². The molecule has 1 aromatic carbocycles. The Bertz CT molecular complexity index is 707. The summed E-state index contributed by atoms with van der Waals surface area (Å²) in [5.41, 5.74) is 2.58. The molecule has 24 heavy (non-hydrogen) atoms. The number of benzene rings is 1. The third-order valence-corrected chi connectivity index (χ3v) is 4.07. The van der Waals surface area contributed by atoms with Crippen molar-refractivity contribution in [3.63, 3.8) is 0 Å². The number of aryl methyl sites for hydroxylation is 1. The molecule has 5 nitrogen and oxygen atoms in total. The molecule has 0 atom stereocenters. The number of aromatic nitrogens is 1. The fraction of sp³-hybridized carbons (Fsp3) is 0.235. The van der Waals surface area contributed by atoms with E-state index in [4.69, 9.17) is 16.3 Å². The van der Waals surface area contributed by atoms with Gasteiger partial charge in [-0.05, 0) is 30.7 Å². The molecule has 0 spiro atoms. The van der Waals surface area contributed by atoms with Crippen molar-refractivity contribution >= 4 is 40.9 Å². The number of thioether (sulfide) groups is 1. The molecule has 0 aliphatic heterocycles. The molecule has 0 saturated heterocycles. The van der Waals surface area contributed by atoms with Crippen LogP contribution in [0.1, 0.15) is 11.1 Å². The Hall–Kier alpha value is -2.05. The first-order valence-corrected chi connectivity index (χ1v) is 8.76. The highest BCUT2D eigenvalue weighted by atomic mass is 35.5. The molecule has 0 unspecified atom stereocenters. The molecular weight excluding hydrogens is 348 g/mol. The molecule has 0 aliphatic rings. The van der Waals surface area contributed by atoms with Crippen molar-refractivity contribution in [1.82, 2.24) is 4.98 Å². The van der Waals surface area contributed by atoms with Crippen LogP contribution in [0.4, 0.5) is 5.69 Å². The Balaban J connectivity index is 1.65. The van der Waals surface area contributed by atoms with E-state index in [-0.39, 0.29) is 30.0 Å². The van der Waals surface area contributed by atoms with Crippen LogP contribution >= 0.6 is 23.4 Å². The molecule has 1 heterocycles. The molecule has 0 saturated carbocycles. The highest BCUT2D eigenvalue weighted by Gasteiger charge is 2.08. The third-order valence-electron chi connectivity index (χ3n) is 2.94. The molecule has 126 valence electrons. The molecule has 0 radical (unpaired) electrons. The summed E-state index contributed by atoms with van der Waals surface area (Å²) in [5.74, 6) is -0.230. The minimum absolute atomic E-state index is 0.113. The first-order chi connectivity index (χ1) is 11.5. The third kappa shape index (κ3) is 6.60. The number of hydrogen-bond acceptors (Lipinski definition) is 5. The largest absolute Gasteiger partial charge is 0.460 e. The van der Waals surface area contributed by atoms with Crippen LogP contribution in [-0.4, -0.2) is 28.4 Å². The van der Waals surface area contributed by atoms with Gasteiger partial charge in [0.15, 0.2) is 0 Å². The topological polar surface area (TPSA) is 68.3 Å². The van der Waals surface area contributed by atoms with Crippen molar-refractivity contribution in [2.24, 2.45) is 0 Å². The van der Waals surface area contributed by atoms with Gasteiger partial charge in [0.2, 0.25) is 5.91 Å². The Morgan fingerprint density at radius 1 is 1.25 bits per heavy atom. The number of carbonyl (C=O) groups excluding carboxylic acids is 2. The van der Waals surface area contributed by atoms with Gasteiger partial charge in [0.25, 0.3) is 0 Å². The number of rotatable bonds is 7. The summed E-state index contributed by atoms with van der Waals surface area (Å²) in [7, 11) is 0. The quantitative estimate of drug-likeness (QED) is 0.602. The van der Waals surface area contributed by atoms with Crippen LogP contribution in [0, 0.1) is 6.92 Å². The highest BCUT2D eigenvalue weighted by molar-refractivity contribution is 8.00. The Morgan fingerprint density at radius 2 is 2.08 bits per heavy atom. The average Bonchev–Trinajstić information content (AvgIpc) is 2.54. The monoisotopic (exact) mass is 364 g/mol. The molecular formula is C17H17ClN2O3S. The Kier molecular flexibility index (Phi) is 7.08. The number of esters is 1. The second kappa shape index (κ2) is 9.30. The standard InChI is InChI=1S/C17H17ClN2O3S/c1-12-3-2-4-14(7-12)20-16(21)10-24-11-17(22)23-9-13-5-6-15(18)19-8-13/h2-8H,9-11H2,1H3,(H,20,21). The van der Waals surface area contributed by atoms with Gasteiger partial charge in [0.05, 0.1) is 11.5 Å². The van der Waals surface area contributed by atoms with E-state index in [0.29, 0.717) is 5.15 Å². The van der Waals surface area contributed by atoms with Crippen LogP contribution in [0.3, 0.4) is 0 Å². The normalized spacial score (nSPS) is 10.2. The molecule has 1 N–H and O–H groups in total. The minimum atomic E-state index is -0.377. The van der Waals surface area contributed by atoms with Gasteiger partial charge in [-0.1, -0.05) is 29.8 Å². The number of nitrogens with zero attached hydrogens (tertiary/aromatic N) is 1. The lowest BCUT2D eigenvalue weighted by Crippen LogP contribution is -2.16. The number of amides is 1. The smallest absolute Gasteiger partial charge is 0.316 e. The Morgan fingerprint density at radius 3 is 2.79 bits per heavy atom. The summed E-state index contributed by atoms with van der Waals surface area (Å²) in [6.07, 6.45) is 1.55. The van der Waals surface area contributed by atoms with Crippen molar-refractivity contribution in [3.05, 3.63) is 58.9 Å². The molecule has 1 amide bonds. The number of ether oxygens (including phenoxy) is 1. The van der Waals surface area contributed by atoms with Crippen LogP contribution in [0.2, 0.25) is 5.15 Å². The second-order valence-corrected chi connectivity index (χ2v) is 6.43. The summed E-state index contributed by atoms with van der Waals surface area (Å²) >= 11 is 6.89. The zero-order valence-corrected chi connectivity index (χ0v) is 14.7. The van der Waals surface area contributed by atoms with Crippen molar-refractivity contribution in [3.8, 4) is 0 Å². The van der Waals surface area contributed by atoms with E-state index in [1.54, 1.807) is 18.3 Å². The van der Waals surface area contributed by atoms with Gasteiger partial charge in [-0.2, -0.15) is 0 Å². The van der Waals surface area contributed by atoms with Crippen molar-refractivity contribution < 1.29 is 14.3 Å². The van der Waals surface area contributed by atoms with Crippen LogP contribution in [0.15, 0.2) is 42.6 Å². The SMILES string of the molecule is Cc1cccc(NC(=O)CSCC(=O)OCc2ccc(Cl)nc2)c1. The van der Waals surface area contributed by atoms with E-state index < -0.39 is 0 Å². The van der Waals surface area contributed by atoms with Gasteiger partial charge >= 0.3 is 5.97 Å². The van der Waals surface area contributed by atoms with Gasteiger partial charge in [-0.3, -0.25) is 9.59 Å². The molecule has 2 rings (SSSR count). The van der Waals surface area contributed by atoms with Gasteiger partial charge in [0, 0.05) is 17.4 Å². The molecule has 0 bridgehead atoms. The first kappa shape index (κ1) is 18.3. The van der Waals surface area contributed by atoms with Crippen LogP contribution in [-0.2, 0) is 20.9 Å². The lowest BCUT2D eigenvalue weighted by Gasteiger charge is -2.06. The lowest BCUT2D eigenvalue weighted by atomic mass is 10.2. The predicted octanol–water partition coefficient (Wildman–Crippen LogP) is 3.46. The van der Waals surface area contributed by atoms with E-state index in [1.807, 2.05) is 31.2 Å². The van der Waals surface area contributed by atoms with Gasteiger partial charge in [-0.25, -0.2) is 4.98 Å². The van der Waals surface area contributed by atoms with Crippen LogP contribution in [0.25, 0.3) is 0 Å². The van der Waals surface area contributed by atoms with Crippen LogP contribution < -0.4 is 5.32 Å². The maximum absolute atomic E-state index is 11.8. The fourth-order valence-electron chi connectivity index (χ4n) is 1.84. The molecule has 7 heteroatoms. The van der Waals surface area contributed by atoms with Crippen molar-refractivity contribution in [2.75, 3.05) is 16.8 Å². The number of pyridine rings is 1. The van der Waals surface area contributed by atoms with Crippen molar-refractivity contribution in [2.45, 2.75) is 13.5 Å². The van der Waals surface area contributed by atoms with E-state index in [2.05, 4.69) is 10.3 Å². The number of carbonyl (C=O) groups is 2. The van der Waals surface area contributed by atoms with Crippen LogP contribution in [0.5, 0.6) is 0 Å². The number of halogens is 1. The molecule has 0 aliphatic carbocycles. The minimum Gasteiger partial charge on any atom is -0.460 e. The van der Waals surface area contributed by atoms with E-state index in [9.17, 15) is 9.59 Å². The molecule has 2 aromatic rings. The molecule has 1 aromatic heterocycles. The summed E-state index contributed by atoms with van der Waals surface area (Å²) in [6.45, 7) is 2.09. The summed E-state index contributed by atoms with van der Waals surface area (Å²) in [6, 6.07) is 10.9. The van der Waals surface area contributed by atoms with E-state index in [1.165, 1.54) is 11.8 Å². The summed E-state index contributed by atoms with van der Waals surface area (Å²) in [5, 5.41) is 3.18. The zero-order chi connectivity index (χ0) is 17.4. The second-order valence-electron chi connectivity index (χ2n) is 5.06. The predicted molar refractivity (Wildman–Crippen MR) is 96.2 cm³/mol. The highest BCUT2D eigenvalue weighted by Crippen LogP contribution is 2.11. The lowest BCUT2D eigenvalue weighted by molar-refractivity contribution is -0.141. The van der Waals surface area contributed by atoms with Gasteiger partial charge in [0.1, 0.15) is 11.8 Å². The summed E-state index contributed by atoms with van der Waals surface area (Å²) < 4.78 is 5.11. The van der Waals surface area contributed by atoms with Gasteiger partial charge < -0.3 is 10.1 Å². The van der Waals surface area contributed by atoms with E-state index in [0.717, 1.165) is 16.8 Å². The van der Waals surface area contributed by atoms with Gasteiger partial charge in [-0.15, -0.1) is 11.8 Å². The average molecular weight is 365 g/mol. The molecule has 0 fully saturated rings. The van der Waals surface area contributed by atoms with Crippen molar-refractivity contribution in [1.29, 1.82) is 0 Å². The fourth-order valence-corrected chi connectivity index (χ4v) is 2.57. The number of hydrogen-bond donors (Lipinski definition) is 1. The number of anilines is 1. The number of nitrogens with one attached hydrogen (secondary N) is 1. The summed E-state index contributed by atoms with van der Waals surface area (Å²) in [4.78, 5) is 27.4. The maximum atomic E-state index is 11.8. The first-order valence-electron chi connectivity index (χ1n) is 7.23. The maximum Gasteiger partial charge on any atom is 0.316 e. The Labute approximate surface area is 149 Å². The zero-order valence-electron chi connectivity index (χ0n) is 13.1.